The minimum Gasteiger partial charge on any atom is -0.448 e. The predicted octanol–water partition coefficient (Wildman–Crippen LogP) is 3.93. The number of ether oxygens (including phenoxy) is 1. The number of amides is 2. The Morgan fingerprint density at radius 1 is 0.977 bits per heavy atom. The fourth-order valence-corrected chi connectivity index (χ4v) is 6.81. The average Bonchev–Trinajstić information content (AvgIpc) is 3.38. The zero-order valence-electron chi connectivity index (χ0n) is 24.0. The lowest BCUT2D eigenvalue weighted by atomic mass is 10.00. The van der Waals surface area contributed by atoms with Crippen molar-refractivity contribution in [2.45, 2.75) is 36.4 Å². The number of thioether (sulfide) groups is 1. The summed E-state index contributed by atoms with van der Waals surface area (Å²) in [5.74, 6) is -1.24. The minimum absolute atomic E-state index is 0.133. The molecule has 3 heterocycles. The standard InChI is InChI=1S/C34H31N3O6S/c1-36-26(20-28(39)43-36)18-17-25-21-44-33-29(35-27(38)19-22-11-5-2-6-12-22)32(40)37(33)30(25)34(41)42-31(23-13-7-3-8-14-23)24-15-9-4-10-16-24/h2-18,26,29,31,33H,19-21H2,1H3,(H,35,38)/t26?,29?,33-/m0/s1. The summed E-state index contributed by atoms with van der Waals surface area (Å²) in [5.41, 5.74) is 3.14. The van der Waals surface area contributed by atoms with E-state index in [9.17, 15) is 19.2 Å². The molecule has 2 amide bonds. The molecule has 3 aromatic carbocycles. The molecule has 2 saturated heterocycles. The molecule has 3 aromatic rings. The first-order valence-electron chi connectivity index (χ1n) is 14.3. The number of nitrogens with zero attached hydrogens (tertiary/aromatic N) is 2. The van der Waals surface area contributed by atoms with E-state index in [2.05, 4.69) is 5.32 Å². The molecule has 0 spiro atoms. The maximum absolute atomic E-state index is 14.1. The fraction of sp³-hybridized carbons (Fsp3) is 0.235. The molecule has 0 aliphatic carbocycles. The van der Waals surface area contributed by atoms with E-state index in [1.54, 1.807) is 19.2 Å². The van der Waals surface area contributed by atoms with E-state index in [-0.39, 0.29) is 42.4 Å². The van der Waals surface area contributed by atoms with E-state index >= 15 is 0 Å². The van der Waals surface area contributed by atoms with Gasteiger partial charge in [-0.05, 0) is 22.3 Å². The van der Waals surface area contributed by atoms with Crippen LogP contribution in [0.4, 0.5) is 0 Å². The van der Waals surface area contributed by atoms with Crippen LogP contribution in [0.15, 0.2) is 114 Å². The van der Waals surface area contributed by atoms with E-state index in [4.69, 9.17) is 9.57 Å². The first kappa shape index (κ1) is 29.4. The summed E-state index contributed by atoms with van der Waals surface area (Å²) >= 11 is 1.46. The van der Waals surface area contributed by atoms with Crippen molar-refractivity contribution in [3.8, 4) is 0 Å². The van der Waals surface area contributed by atoms with Crippen molar-refractivity contribution in [1.82, 2.24) is 15.3 Å². The van der Waals surface area contributed by atoms with Crippen LogP contribution >= 0.6 is 11.8 Å². The number of hydroxylamine groups is 2. The number of hydrogen-bond acceptors (Lipinski definition) is 8. The second kappa shape index (κ2) is 12.9. The third kappa shape index (κ3) is 6.17. The number of benzene rings is 3. The van der Waals surface area contributed by atoms with Crippen LogP contribution in [-0.4, -0.2) is 64.0 Å². The monoisotopic (exact) mass is 609 g/mol. The van der Waals surface area contributed by atoms with Gasteiger partial charge in [0, 0.05) is 12.8 Å². The highest BCUT2D eigenvalue weighted by molar-refractivity contribution is 8.00. The van der Waals surface area contributed by atoms with Gasteiger partial charge >= 0.3 is 11.9 Å². The van der Waals surface area contributed by atoms with Gasteiger partial charge in [-0.1, -0.05) is 103 Å². The number of allylic oxidation sites excluding steroid dienone is 1. The summed E-state index contributed by atoms with van der Waals surface area (Å²) in [6, 6.07) is 27.1. The third-order valence-corrected chi connectivity index (χ3v) is 9.06. The molecule has 3 aliphatic rings. The van der Waals surface area contributed by atoms with Crippen LogP contribution in [0, 0.1) is 0 Å². The first-order chi connectivity index (χ1) is 21.4. The molecule has 2 fully saturated rings. The quantitative estimate of drug-likeness (QED) is 0.288. The van der Waals surface area contributed by atoms with Gasteiger partial charge < -0.3 is 14.9 Å². The number of β-lactam (4-membered cyclic amide) rings is 1. The lowest BCUT2D eigenvalue weighted by Crippen LogP contribution is -2.70. The van der Waals surface area contributed by atoms with Gasteiger partial charge in [-0.2, -0.15) is 0 Å². The summed E-state index contributed by atoms with van der Waals surface area (Å²) < 4.78 is 6.19. The number of likely N-dealkylation sites (N-methyl/N-ethyl adjacent to an activating group) is 1. The van der Waals surface area contributed by atoms with Crippen LogP contribution in [0.3, 0.4) is 0 Å². The van der Waals surface area contributed by atoms with Gasteiger partial charge in [0.05, 0.1) is 18.9 Å². The van der Waals surface area contributed by atoms with E-state index in [0.717, 1.165) is 16.7 Å². The molecule has 10 heteroatoms. The molecule has 1 N–H and O–H groups in total. The van der Waals surface area contributed by atoms with Crippen LogP contribution in [0.5, 0.6) is 0 Å². The van der Waals surface area contributed by atoms with Gasteiger partial charge in [0.15, 0.2) is 6.10 Å². The molecule has 2 unspecified atom stereocenters. The van der Waals surface area contributed by atoms with Crippen LogP contribution < -0.4 is 5.32 Å². The fourth-order valence-electron chi connectivity index (χ4n) is 5.49. The Kier molecular flexibility index (Phi) is 8.63. The van der Waals surface area contributed by atoms with Gasteiger partial charge in [-0.15, -0.1) is 16.8 Å². The molecule has 0 saturated carbocycles. The topological polar surface area (TPSA) is 105 Å². The van der Waals surface area contributed by atoms with Crippen molar-refractivity contribution < 1.29 is 28.8 Å². The molecule has 3 aliphatic heterocycles. The second-order valence-corrected chi connectivity index (χ2v) is 11.8. The van der Waals surface area contributed by atoms with Gasteiger partial charge in [-0.25, -0.2) is 4.79 Å². The molecule has 3 atom stereocenters. The van der Waals surface area contributed by atoms with Crippen molar-refractivity contribution in [3.63, 3.8) is 0 Å². The zero-order valence-corrected chi connectivity index (χ0v) is 24.8. The summed E-state index contributed by atoms with van der Waals surface area (Å²) in [6.45, 7) is 0. The number of hydrogen-bond donors (Lipinski definition) is 1. The van der Waals surface area contributed by atoms with Crippen LogP contribution in [0.2, 0.25) is 0 Å². The van der Waals surface area contributed by atoms with Gasteiger partial charge in [0.25, 0.3) is 5.91 Å². The molecule has 0 aromatic heterocycles. The Labute approximate surface area is 259 Å². The van der Waals surface area contributed by atoms with Crippen molar-refractivity contribution in [1.29, 1.82) is 0 Å². The largest absolute Gasteiger partial charge is 0.448 e. The lowest BCUT2D eigenvalue weighted by Gasteiger charge is -2.49. The highest BCUT2D eigenvalue weighted by Gasteiger charge is 2.54. The normalized spacial score (nSPS) is 21.7. The van der Waals surface area contributed by atoms with E-state index < -0.39 is 23.5 Å². The summed E-state index contributed by atoms with van der Waals surface area (Å²) in [7, 11) is 1.67. The smallest absolute Gasteiger partial charge is 0.356 e. The molecule has 9 nitrogen and oxygen atoms in total. The molecule has 0 radical (unpaired) electrons. The number of rotatable bonds is 9. The van der Waals surface area contributed by atoms with Gasteiger partial charge in [0.1, 0.15) is 17.1 Å². The number of fused-ring (bicyclic) bond motifs is 1. The van der Waals surface area contributed by atoms with Crippen molar-refractivity contribution in [2.75, 3.05) is 12.8 Å². The molecule has 44 heavy (non-hydrogen) atoms. The SMILES string of the molecule is CN1OC(=O)CC1C=CC1=C(C(=O)OC(c2ccccc2)c2ccccc2)N2C(=O)C(NC(=O)Cc3ccccc3)[C@@H]2SC1. The molecular formula is C34H31N3O6S. The summed E-state index contributed by atoms with van der Waals surface area (Å²) in [4.78, 5) is 58.8. The third-order valence-electron chi connectivity index (χ3n) is 7.75. The van der Waals surface area contributed by atoms with E-state index in [1.807, 2.05) is 91.0 Å². The van der Waals surface area contributed by atoms with Crippen molar-refractivity contribution in [2.24, 2.45) is 0 Å². The number of nitrogens with one attached hydrogen (secondary N) is 1. The van der Waals surface area contributed by atoms with Crippen LogP contribution in [0.1, 0.15) is 29.2 Å². The highest BCUT2D eigenvalue weighted by atomic mass is 32.2. The number of carbonyl (C=O) groups excluding carboxylic acids is 4. The predicted molar refractivity (Wildman–Crippen MR) is 164 cm³/mol. The minimum atomic E-state index is -0.768. The molecule has 224 valence electrons. The first-order valence-corrected chi connectivity index (χ1v) is 15.4. The molecular weight excluding hydrogens is 578 g/mol. The van der Waals surface area contributed by atoms with Gasteiger partial charge in [0.2, 0.25) is 5.91 Å². The number of carbonyl (C=O) groups is 4. The Hall–Kier alpha value is -4.67. The highest BCUT2D eigenvalue weighted by Crippen LogP contribution is 2.42. The van der Waals surface area contributed by atoms with Gasteiger partial charge in [-0.3, -0.25) is 19.3 Å². The maximum atomic E-state index is 14.1. The Bertz CT molecular complexity index is 1570. The Balaban J connectivity index is 1.28. The van der Waals surface area contributed by atoms with E-state index in [0.29, 0.717) is 11.3 Å². The Morgan fingerprint density at radius 3 is 2.18 bits per heavy atom. The van der Waals surface area contributed by atoms with Crippen molar-refractivity contribution >= 4 is 35.5 Å². The van der Waals surface area contributed by atoms with Crippen LogP contribution in [-0.2, 0) is 35.2 Å². The van der Waals surface area contributed by atoms with E-state index in [1.165, 1.54) is 21.7 Å². The number of esters is 1. The Morgan fingerprint density at radius 2 is 1.59 bits per heavy atom. The van der Waals surface area contributed by atoms with Crippen molar-refractivity contribution in [3.05, 3.63) is 131 Å². The molecule has 0 bridgehead atoms. The summed E-state index contributed by atoms with van der Waals surface area (Å²) in [6.07, 6.45) is 3.17. The summed E-state index contributed by atoms with van der Waals surface area (Å²) in [5, 5.41) is 3.86. The zero-order chi connectivity index (χ0) is 30.6. The maximum Gasteiger partial charge on any atom is 0.356 e. The van der Waals surface area contributed by atoms with Crippen LogP contribution in [0.25, 0.3) is 0 Å². The lowest BCUT2D eigenvalue weighted by molar-refractivity contribution is -0.167. The molecule has 6 rings (SSSR count). The average molecular weight is 610 g/mol. The second-order valence-electron chi connectivity index (χ2n) is 10.7.